The maximum Gasteiger partial charge on any atom is 0.252 e. The summed E-state index contributed by atoms with van der Waals surface area (Å²) in [6.07, 6.45) is -0.430. The highest BCUT2D eigenvalue weighted by Crippen LogP contribution is 2.56. The topological polar surface area (TPSA) is 16.3 Å². The summed E-state index contributed by atoms with van der Waals surface area (Å²) in [6, 6.07) is 101. The van der Waals surface area contributed by atoms with Crippen molar-refractivity contribution in [3.8, 4) is 55.9 Å². The maximum absolute atomic E-state index is 10.6. The van der Waals surface area contributed by atoms with Crippen LogP contribution in [0, 0.1) is 32.5 Å². The monoisotopic (exact) mass is 1530 g/mol. The molecule has 0 amide bonds. The molecule has 0 saturated carbocycles. The summed E-state index contributed by atoms with van der Waals surface area (Å²) in [5.41, 5.74) is 28.7. The summed E-state index contributed by atoms with van der Waals surface area (Å²) >= 11 is 0. The van der Waals surface area contributed by atoms with Gasteiger partial charge < -0.3 is 18.9 Å². The van der Waals surface area contributed by atoms with Crippen LogP contribution in [0.5, 0.6) is 0 Å². The van der Waals surface area contributed by atoms with Crippen molar-refractivity contribution < 1.29 is 5.48 Å². The van der Waals surface area contributed by atoms with E-state index in [-0.39, 0.29) is 27.1 Å². The van der Waals surface area contributed by atoms with Crippen molar-refractivity contribution in [2.45, 2.75) is 189 Å². The van der Waals surface area contributed by atoms with Crippen LogP contribution in [0.1, 0.15) is 190 Å². The molecular weight excluding hydrogens is 1410 g/mol. The molecule has 0 unspecified atom stereocenters. The number of rotatable bonds is 14. The van der Waals surface area contributed by atoms with Gasteiger partial charge in [-0.25, -0.2) is 0 Å². The van der Waals surface area contributed by atoms with Crippen molar-refractivity contribution in [1.82, 2.24) is 9.13 Å². The summed E-state index contributed by atoms with van der Waals surface area (Å²) in [6.45, 7) is 46.7. The van der Waals surface area contributed by atoms with Gasteiger partial charge in [0.25, 0.3) is 6.71 Å². The third-order valence-electron chi connectivity index (χ3n) is 23.2. The number of nitrogens with zero attached hydrogens (tertiary/aromatic N) is 4. The Morgan fingerprint density at radius 1 is 0.265 bits per heavy atom. The van der Waals surface area contributed by atoms with Gasteiger partial charge in [-0.2, -0.15) is 0 Å². The second kappa shape index (κ2) is 29.0. The number of para-hydroxylation sites is 4. The molecule has 117 heavy (non-hydrogen) atoms. The van der Waals surface area contributed by atoms with Gasteiger partial charge in [-0.05, 0) is 239 Å². The second-order valence-electron chi connectivity index (χ2n) is 41.8. The van der Waals surface area contributed by atoms with Crippen LogP contribution in [-0.4, -0.2) is 15.8 Å². The molecule has 590 valence electrons. The predicted octanol–water partition coefficient (Wildman–Crippen LogP) is 29.5. The van der Waals surface area contributed by atoms with Gasteiger partial charge in [-0.3, -0.25) is 0 Å². The number of fused-ring (bicyclic) bond motifs is 10. The zero-order chi connectivity index (χ0) is 86.0. The second-order valence-corrected chi connectivity index (χ2v) is 41.8. The van der Waals surface area contributed by atoms with Crippen molar-refractivity contribution in [3.63, 3.8) is 0 Å². The molecule has 5 heteroatoms. The predicted molar refractivity (Wildman–Crippen MR) is 509 cm³/mol. The Morgan fingerprint density at radius 2 is 0.573 bits per heavy atom. The quantitative estimate of drug-likeness (QED) is 0.101. The van der Waals surface area contributed by atoms with Crippen LogP contribution in [0.4, 0.5) is 34.1 Å². The minimum absolute atomic E-state index is 0.0442. The SMILES string of the molecule is [2H]C([2H])(c1cc(-c2cccc(CC(C)(C)C)c2)c(N2c3cc(-n4c5ccccc5c5ccccc54)ccc3B3c4ccc(-n5c6ccccc6c6ccccc65)cc4N(c4c(-c5cccc(CC(C)(C)C)c5)cc(C([2H])([2H])C(C)(C)C)cc4-c4cccc(C(C)(C)C)c4)c4cc(CC(C)(C)C)cc2c43)c(-c2cccc(CC(C)(C)C)c2)c1)C(C)(C)C. The van der Waals surface area contributed by atoms with E-state index >= 15 is 0 Å². The minimum atomic E-state index is -1.82. The third-order valence-corrected chi connectivity index (χ3v) is 23.2. The first-order valence-electron chi connectivity index (χ1n) is 44.7. The van der Waals surface area contributed by atoms with E-state index in [1.807, 2.05) is 41.5 Å². The summed E-state index contributed by atoms with van der Waals surface area (Å²) < 4.78 is 47.4. The van der Waals surface area contributed by atoms with Crippen molar-refractivity contribution in [3.05, 3.63) is 306 Å². The normalized spacial score (nSPS) is 14.2. The first-order valence-corrected chi connectivity index (χ1v) is 42.7. The number of hydrogen-bond acceptors (Lipinski definition) is 2. The Morgan fingerprint density at radius 3 is 0.889 bits per heavy atom. The number of benzene rings is 13. The number of hydrogen-bond donors (Lipinski definition) is 0. The first kappa shape index (κ1) is 73.7. The van der Waals surface area contributed by atoms with E-state index < -0.39 is 30.3 Å². The van der Waals surface area contributed by atoms with Crippen LogP contribution in [0.15, 0.2) is 267 Å². The summed E-state index contributed by atoms with van der Waals surface area (Å²) in [5.74, 6) is 0. The Kier molecular flexibility index (Phi) is 18.3. The number of anilines is 6. The molecule has 0 saturated heterocycles. The molecule has 15 aromatic rings. The van der Waals surface area contributed by atoms with Crippen LogP contribution < -0.4 is 26.2 Å². The van der Waals surface area contributed by atoms with E-state index in [4.69, 9.17) is 0 Å². The van der Waals surface area contributed by atoms with Gasteiger partial charge in [0.15, 0.2) is 0 Å². The highest BCUT2D eigenvalue weighted by atomic mass is 15.2. The molecular formula is C112H119BN4. The molecule has 17 rings (SSSR count). The summed E-state index contributed by atoms with van der Waals surface area (Å²) in [5, 5.41) is 4.72. The fourth-order valence-corrected chi connectivity index (χ4v) is 19.1. The molecule has 0 atom stereocenters. The van der Waals surface area contributed by atoms with Gasteiger partial charge in [0.1, 0.15) is 0 Å². The highest BCUT2D eigenvalue weighted by molar-refractivity contribution is 7.00. The zero-order valence-corrected chi connectivity index (χ0v) is 73.1. The molecule has 0 radical (unpaired) electrons. The molecule has 2 aromatic heterocycles. The molecule has 2 aliphatic rings. The van der Waals surface area contributed by atoms with Crippen LogP contribution in [0.2, 0.25) is 0 Å². The number of aromatic nitrogens is 2. The van der Waals surface area contributed by atoms with Gasteiger partial charge in [-0.1, -0.05) is 327 Å². The van der Waals surface area contributed by atoms with E-state index in [1.54, 1.807) is 0 Å². The van der Waals surface area contributed by atoms with Crippen molar-refractivity contribution in [2.24, 2.45) is 32.5 Å². The van der Waals surface area contributed by atoms with Gasteiger partial charge in [-0.15, -0.1) is 0 Å². The van der Waals surface area contributed by atoms with Crippen LogP contribution in [0.3, 0.4) is 0 Å². The Hall–Kier alpha value is -10.9. The lowest BCUT2D eigenvalue weighted by Gasteiger charge is -2.46. The van der Waals surface area contributed by atoms with Crippen molar-refractivity contribution in [2.75, 3.05) is 9.80 Å². The fourth-order valence-electron chi connectivity index (χ4n) is 19.1. The molecule has 0 aliphatic carbocycles. The van der Waals surface area contributed by atoms with Crippen LogP contribution in [0.25, 0.3) is 99.5 Å². The molecule has 4 heterocycles. The van der Waals surface area contributed by atoms with E-state index in [1.165, 1.54) is 43.8 Å². The summed E-state index contributed by atoms with van der Waals surface area (Å²) in [4.78, 5) is 5.34. The lowest BCUT2D eigenvalue weighted by molar-refractivity contribution is 0.411. The Labute approximate surface area is 704 Å². The van der Waals surface area contributed by atoms with Crippen LogP contribution >= 0.6 is 0 Å². The smallest absolute Gasteiger partial charge is 0.252 e. The van der Waals surface area contributed by atoms with Gasteiger partial charge in [0, 0.05) is 83.4 Å². The molecule has 2 aliphatic heterocycles. The zero-order valence-electron chi connectivity index (χ0n) is 77.1. The molecule has 0 N–H and O–H groups in total. The molecule has 0 spiro atoms. The van der Waals surface area contributed by atoms with Gasteiger partial charge in [0.2, 0.25) is 0 Å². The minimum Gasteiger partial charge on any atom is -0.310 e. The largest absolute Gasteiger partial charge is 0.310 e. The van der Waals surface area contributed by atoms with Crippen molar-refractivity contribution in [1.29, 1.82) is 0 Å². The molecule has 0 bridgehead atoms. The fraction of sp³-hybridized carbons (Fsp3) is 0.304. The lowest BCUT2D eigenvalue weighted by Crippen LogP contribution is -2.61. The lowest BCUT2D eigenvalue weighted by atomic mass is 9.33. The van der Waals surface area contributed by atoms with E-state index in [2.05, 4.69) is 390 Å². The van der Waals surface area contributed by atoms with Gasteiger partial charge >= 0.3 is 0 Å². The molecule has 13 aromatic carbocycles. The maximum atomic E-state index is 10.6. The van der Waals surface area contributed by atoms with Crippen molar-refractivity contribution >= 4 is 101 Å². The highest BCUT2D eigenvalue weighted by Gasteiger charge is 2.47. The molecule has 4 nitrogen and oxygen atoms in total. The van der Waals surface area contributed by atoms with Gasteiger partial charge in [0.05, 0.1) is 33.4 Å². The summed E-state index contributed by atoms with van der Waals surface area (Å²) in [7, 11) is 0. The Balaban J connectivity index is 1.11. The first-order chi connectivity index (χ1) is 56.9. The third kappa shape index (κ3) is 15.7. The van der Waals surface area contributed by atoms with E-state index in [0.717, 1.165) is 153 Å². The molecule has 0 fully saturated rings. The standard InChI is InChI=1S/C112H119BN4/c1-106(2,3)66-72-34-30-37-78(54-72)89-57-75(69-109(10,11)12)58-90(79-38-31-35-73(55-79)67-107(4,5)6)104(89)116-99-64-83(114-95-46-26-22-42-85(95)86-43-23-27-47-96(86)114)50-52-93(99)113-94-53-51-84(115-97-48-28-24-44-87(97)88-45-25-29-49-98(88)115)65-100(94)117(102-62-77(71-111(16,17)18)61-101(116)103(102)113)105-91(80-39-32-36-74(56-80)68-108(7,8)9)59-76(70-110(13,14)15)60-92(105)81-40-33-41-82(63-81)112(19,20)21/h22-65H,66-71H2,1-21H3/i69D2,70D2. The van der Waals surface area contributed by atoms with Crippen LogP contribution in [-0.2, 0) is 43.8 Å². The van der Waals surface area contributed by atoms with E-state index in [0.29, 0.717) is 17.5 Å². The average molecular weight is 1540 g/mol. The average Bonchev–Trinajstić information content (AvgIpc) is 0.754. The van der Waals surface area contributed by atoms with E-state index in [9.17, 15) is 5.48 Å². The Bertz CT molecular complexity index is 6420.